The zero-order valence-electron chi connectivity index (χ0n) is 9.50. The number of hydrogen-bond acceptors (Lipinski definition) is 3. The molecule has 1 aliphatic carbocycles. The number of halogens is 2. The molecule has 5 heteroatoms. The highest BCUT2D eigenvalue weighted by Crippen LogP contribution is 2.30. The van der Waals surface area contributed by atoms with E-state index in [0.29, 0.717) is 16.9 Å². The summed E-state index contributed by atoms with van der Waals surface area (Å²) in [4.78, 5) is 6.47. The van der Waals surface area contributed by atoms with E-state index in [0.717, 1.165) is 25.6 Å². The van der Waals surface area contributed by atoms with Gasteiger partial charge in [-0.2, -0.15) is 0 Å². The number of nitrogens with one attached hydrogen (secondary N) is 1. The first-order chi connectivity index (χ1) is 8.22. The van der Waals surface area contributed by atoms with Crippen LogP contribution in [0.25, 0.3) is 0 Å². The SMILES string of the molecule is Fc1cc(Cl)cnc1NC1CCN(C2CC2)C1. The summed E-state index contributed by atoms with van der Waals surface area (Å²) in [5.74, 6) is -0.0561. The summed E-state index contributed by atoms with van der Waals surface area (Å²) in [6.07, 6.45) is 5.17. The fourth-order valence-electron chi connectivity index (χ4n) is 2.39. The predicted octanol–water partition coefficient (Wildman–Crippen LogP) is 2.52. The molecule has 1 aromatic heterocycles. The summed E-state index contributed by atoms with van der Waals surface area (Å²) in [5.41, 5.74) is 0. The van der Waals surface area contributed by atoms with E-state index >= 15 is 0 Å². The molecule has 92 valence electrons. The minimum absolute atomic E-state index is 0.304. The van der Waals surface area contributed by atoms with Crippen LogP contribution in [-0.4, -0.2) is 35.1 Å². The first-order valence-electron chi connectivity index (χ1n) is 6.04. The second kappa shape index (κ2) is 4.42. The highest BCUT2D eigenvalue weighted by atomic mass is 35.5. The second-order valence-electron chi connectivity index (χ2n) is 4.84. The van der Waals surface area contributed by atoms with Gasteiger partial charge >= 0.3 is 0 Å². The van der Waals surface area contributed by atoms with E-state index in [2.05, 4.69) is 15.2 Å². The van der Waals surface area contributed by atoms with Crippen molar-refractivity contribution in [2.75, 3.05) is 18.4 Å². The van der Waals surface area contributed by atoms with Crippen molar-refractivity contribution in [1.82, 2.24) is 9.88 Å². The molecule has 1 saturated heterocycles. The quantitative estimate of drug-likeness (QED) is 0.900. The predicted molar refractivity (Wildman–Crippen MR) is 65.8 cm³/mol. The Bertz CT molecular complexity index is 422. The van der Waals surface area contributed by atoms with Gasteiger partial charge in [-0.15, -0.1) is 0 Å². The van der Waals surface area contributed by atoms with Crippen molar-refractivity contribution < 1.29 is 4.39 Å². The topological polar surface area (TPSA) is 28.2 Å². The highest BCUT2D eigenvalue weighted by molar-refractivity contribution is 6.30. The molecule has 1 unspecified atom stereocenters. The minimum Gasteiger partial charge on any atom is -0.364 e. The molecular formula is C12H15ClFN3. The van der Waals surface area contributed by atoms with Gasteiger partial charge in [0.25, 0.3) is 0 Å². The van der Waals surface area contributed by atoms with Gasteiger partial charge in [-0.3, -0.25) is 4.90 Å². The second-order valence-corrected chi connectivity index (χ2v) is 5.28. The highest BCUT2D eigenvalue weighted by Gasteiger charge is 2.34. The lowest BCUT2D eigenvalue weighted by atomic mass is 10.2. The van der Waals surface area contributed by atoms with Gasteiger partial charge in [0.15, 0.2) is 11.6 Å². The van der Waals surface area contributed by atoms with Crippen molar-refractivity contribution in [1.29, 1.82) is 0 Å². The van der Waals surface area contributed by atoms with Gasteiger partial charge in [-0.25, -0.2) is 9.37 Å². The lowest BCUT2D eigenvalue weighted by Crippen LogP contribution is -2.28. The van der Waals surface area contributed by atoms with Gasteiger partial charge in [-0.1, -0.05) is 11.6 Å². The third kappa shape index (κ3) is 2.53. The summed E-state index contributed by atoms with van der Waals surface area (Å²) < 4.78 is 13.5. The van der Waals surface area contributed by atoms with Gasteiger partial charge in [0, 0.05) is 31.4 Å². The number of nitrogens with zero attached hydrogens (tertiary/aromatic N) is 2. The molecule has 1 saturated carbocycles. The molecule has 2 heterocycles. The first-order valence-corrected chi connectivity index (χ1v) is 6.42. The fraction of sp³-hybridized carbons (Fsp3) is 0.583. The van der Waals surface area contributed by atoms with Crippen molar-refractivity contribution in [2.24, 2.45) is 0 Å². The maximum absolute atomic E-state index is 13.5. The molecule has 3 rings (SSSR count). The van der Waals surface area contributed by atoms with E-state index < -0.39 is 0 Å². The molecule has 2 aliphatic rings. The average Bonchev–Trinajstić information content (AvgIpc) is 3.04. The molecule has 0 spiro atoms. The van der Waals surface area contributed by atoms with E-state index in [1.54, 1.807) is 0 Å². The first kappa shape index (κ1) is 11.2. The Labute approximate surface area is 105 Å². The Hall–Kier alpha value is -0.870. The molecular weight excluding hydrogens is 241 g/mol. The molecule has 0 amide bonds. The van der Waals surface area contributed by atoms with Crippen LogP contribution in [0, 0.1) is 5.82 Å². The molecule has 0 bridgehead atoms. The third-order valence-electron chi connectivity index (χ3n) is 3.43. The lowest BCUT2D eigenvalue weighted by molar-refractivity contribution is 0.326. The van der Waals surface area contributed by atoms with Crippen LogP contribution in [0.3, 0.4) is 0 Å². The Morgan fingerprint density at radius 2 is 2.24 bits per heavy atom. The summed E-state index contributed by atoms with van der Waals surface area (Å²) in [6.45, 7) is 2.10. The van der Waals surface area contributed by atoms with Crippen molar-refractivity contribution >= 4 is 17.4 Å². The number of pyridine rings is 1. The number of aromatic nitrogens is 1. The maximum Gasteiger partial charge on any atom is 0.166 e. The van der Waals surface area contributed by atoms with Crippen LogP contribution in [0.4, 0.5) is 10.2 Å². The van der Waals surface area contributed by atoms with Gasteiger partial charge in [0.2, 0.25) is 0 Å². The molecule has 1 N–H and O–H groups in total. The molecule has 1 atom stereocenters. The molecule has 0 radical (unpaired) electrons. The Kier molecular flexibility index (Phi) is 2.92. The Morgan fingerprint density at radius 1 is 1.41 bits per heavy atom. The molecule has 3 nitrogen and oxygen atoms in total. The van der Waals surface area contributed by atoms with Gasteiger partial charge < -0.3 is 5.32 Å². The van der Waals surface area contributed by atoms with Crippen molar-refractivity contribution in [3.05, 3.63) is 23.1 Å². The third-order valence-corrected chi connectivity index (χ3v) is 3.64. The van der Waals surface area contributed by atoms with Gasteiger partial charge in [0.05, 0.1) is 5.02 Å². The van der Waals surface area contributed by atoms with Crippen LogP contribution in [0.15, 0.2) is 12.3 Å². The summed E-state index contributed by atoms with van der Waals surface area (Å²) in [7, 11) is 0. The monoisotopic (exact) mass is 255 g/mol. The van der Waals surface area contributed by atoms with Crippen molar-refractivity contribution in [3.8, 4) is 0 Å². The summed E-state index contributed by atoms with van der Waals surface area (Å²) in [6, 6.07) is 2.38. The average molecular weight is 256 g/mol. The fourth-order valence-corrected chi connectivity index (χ4v) is 2.54. The van der Waals surface area contributed by atoms with E-state index in [-0.39, 0.29) is 5.82 Å². The number of anilines is 1. The van der Waals surface area contributed by atoms with E-state index in [9.17, 15) is 4.39 Å². The van der Waals surface area contributed by atoms with E-state index in [1.165, 1.54) is 25.1 Å². The van der Waals surface area contributed by atoms with Gasteiger partial charge in [-0.05, 0) is 25.3 Å². The number of hydrogen-bond donors (Lipinski definition) is 1. The zero-order chi connectivity index (χ0) is 11.8. The van der Waals surface area contributed by atoms with Gasteiger partial charge in [0.1, 0.15) is 0 Å². The Morgan fingerprint density at radius 3 is 2.94 bits per heavy atom. The molecule has 1 aromatic rings. The maximum atomic E-state index is 13.5. The van der Waals surface area contributed by atoms with Crippen LogP contribution < -0.4 is 5.32 Å². The standard InChI is InChI=1S/C12H15ClFN3/c13-8-5-11(14)12(15-6-8)16-9-3-4-17(7-9)10-1-2-10/h5-6,9-10H,1-4,7H2,(H,15,16). The van der Waals surface area contributed by atoms with Crippen molar-refractivity contribution in [3.63, 3.8) is 0 Å². The summed E-state index contributed by atoms with van der Waals surface area (Å²) >= 11 is 5.67. The lowest BCUT2D eigenvalue weighted by Gasteiger charge is -2.16. The van der Waals surface area contributed by atoms with Crippen molar-refractivity contribution in [2.45, 2.75) is 31.3 Å². The smallest absolute Gasteiger partial charge is 0.166 e. The summed E-state index contributed by atoms with van der Waals surface area (Å²) in [5, 5.41) is 3.50. The number of likely N-dealkylation sites (tertiary alicyclic amines) is 1. The molecule has 17 heavy (non-hydrogen) atoms. The molecule has 1 aliphatic heterocycles. The zero-order valence-corrected chi connectivity index (χ0v) is 10.3. The largest absolute Gasteiger partial charge is 0.364 e. The van der Waals surface area contributed by atoms with Crippen LogP contribution in [0.5, 0.6) is 0 Å². The Balaban J connectivity index is 1.63. The van der Waals surface area contributed by atoms with E-state index in [1.807, 2.05) is 0 Å². The van der Waals surface area contributed by atoms with Crippen LogP contribution in [0.1, 0.15) is 19.3 Å². The van der Waals surface area contributed by atoms with Crippen LogP contribution in [0.2, 0.25) is 5.02 Å². The molecule has 2 fully saturated rings. The minimum atomic E-state index is -0.373. The number of rotatable bonds is 3. The van der Waals surface area contributed by atoms with Crippen LogP contribution >= 0.6 is 11.6 Å². The molecule has 0 aromatic carbocycles. The normalized spacial score (nSPS) is 25.2. The van der Waals surface area contributed by atoms with E-state index in [4.69, 9.17) is 11.6 Å². The van der Waals surface area contributed by atoms with Crippen LogP contribution in [-0.2, 0) is 0 Å².